The fraction of sp³-hybridized carbons (Fsp3) is 0.136. The molecule has 0 saturated heterocycles. The number of H-pyrrole nitrogens is 1. The number of aromatic nitrogens is 2. The van der Waals surface area contributed by atoms with Crippen LogP contribution in [0.15, 0.2) is 72.9 Å². The van der Waals surface area contributed by atoms with Gasteiger partial charge >= 0.3 is 0 Å². The van der Waals surface area contributed by atoms with Gasteiger partial charge in [-0.25, -0.2) is 4.39 Å². The van der Waals surface area contributed by atoms with Gasteiger partial charge in [-0.05, 0) is 48.4 Å². The molecule has 124 valence electrons. The molecule has 0 aliphatic rings. The van der Waals surface area contributed by atoms with Crippen molar-refractivity contribution in [2.24, 2.45) is 0 Å². The zero-order chi connectivity index (χ0) is 17.2. The molecule has 3 heteroatoms. The molecule has 0 bridgehead atoms. The number of nitrogens with one attached hydrogen (secondary N) is 1. The van der Waals surface area contributed by atoms with Crippen molar-refractivity contribution in [2.45, 2.75) is 19.3 Å². The molecule has 2 aromatic heterocycles. The van der Waals surface area contributed by atoms with E-state index in [0.29, 0.717) is 0 Å². The van der Waals surface area contributed by atoms with E-state index in [-0.39, 0.29) is 11.7 Å². The lowest BCUT2D eigenvalue weighted by Crippen LogP contribution is -2.07. The van der Waals surface area contributed by atoms with Crippen LogP contribution < -0.4 is 0 Å². The summed E-state index contributed by atoms with van der Waals surface area (Å²) in [4.78, 5) is 7.95. The molecule has 2 heterocycles. The van der Waals surface area contributed by atoms with Gasteiger partial charge in [0, 0.05) is 40.8 Å². The van der Waals surface area contributed by atoms with Gasteiger partial charge in [0.25, 0.3) is 0 Å². The maximum atomic E-state index is 13.9. The Morgan fingerprint density at radius 2 is 1.84 bits per heavy atom. The van der Waals surface area contributed by atoms with Gasteiger partial charge < -0.3 is 4.98 Å². The summed E-state index contributed by atoms with van der Waals surface area (Å²) in [6.45, 7) is 2.08. The second kappa shape index (κ2) is 6.52. The van der Waals surface area contributed by atoms with Crippen LogP contribution >= 0.6 is 0 Å². The molecule has 0 spiro atoms. The number of halogens is 1. The van der Waals surface area contributed by atoms with E-state index in [1.807, 2.05) is 36.4 Å². The molecule has 2 nitrogen and oxygen atoms in total. The van der Waals surface area contributed by atoms with Crippen molar-refractivity contribution in [3.63, 3.8) is 0 Å². The predicted molar refractivity (Wildman–Crippen MR) is 99.2 cm³/mol. The van der Waals surface area contributed by atoms with E-state index in [4.69, 9.17) is 0 Å². The van der Waals surface area contributed by atoms with Crippen molar-refractivity contribution in [1.82, 2.24) is 9.97 Å². The first-order valence-corrected chi connectivity index (χ1v) is 8.45. The van der Waals surface area contributed by atoms with Gasteiger partial charge in [0.1, 0.15) is 5.82 Å². The lowest BCUT2D eigenvalue weighted by molar-refractivity contribution is 0.622. The van der Waals surface area contributed by atoms with Crippen LogP contribution in [0.25, 0.3) is 10.9 Å². The van der Waals surface area contributed by atoms with Crippen molar-refractivity contribution in [3.8, 4) is 0 Å². The normalized spacial score (nSPS) is 12.4. The van der Waals surface area contributed by atoms with E-state index in [2.05, 4.69) is 29.0 Å². The number of benzene rings is 2. The average Bonchev–Trinajstić information content (AvgIpc) is 2.96. The Labute approximate surface area is 146 Å². The van der Waals surface area contributed by atoms with Crippen LogP contribution in [0, 0.1) is 12.7 Å². The molecule has 25 heavy (non-hydrogen) atoms. The van der Waals surface area contributed by atoms with Crippen molar-refractivity contribution >= 4 is 10.9 Å². The molecule has 1 unspecified atom stereocenters. The first kappa shape index (κ1) is 15.6. The van der Waals surface area contributed by atoms with Crippen molar-refractivity contribution in [3.05, 3.63) is 101 Å². The van der Waals surface area contributed by atoms with Crippen LogP contribution in [0.2, 0.25) is 0 Å². The number of hydrogen-bond acceptors (Lipinski definition) is 1. The average molecular weight is 330 g/mol. The summed E-state index contributed by atoms with van der Waals surface area (Å²) in [6, 6.07) is 21.1. The molecular formula is C22H19FN2. The van der Waals surface area contributed by atoms with Crippen LogP contribution in [0.1, 0.15) is 28.4 Å². The Bertz CT molecular complexity index is 1000. The standard InChI is InChI=1S/C22H19FN2/c1-15-22(19-10-2-3-11-21(19)25-15)20(14-18-9-4-5-12-24-18)16-7-6-8-17(23)13-16/h2-13,20,25H,14H2,1H3. The Morgan fingerprint density at radius 1 is 1.00 bits per heavy atom. The summed E-state index contributed by atoms with van der Waals surface area (Å²) in [7, 11) is 0. The number of aryl methyl sites for hydroxylation is 1. The number of nitrogens with zero attached hydrogens (tertiary/aromatic N) is 1. The second-order valence-electron chi connectivity index (χ2n) is 6.34. The molecule has 0 radical (unpaired) electrons. The maximum Gasteiger partial charge on any atom is 0.123 e. The third kappa shape index (κ3) is 3.05. The van der Waals surface area contributed by atoms with E-state index in [1.165, 1.54) is 17.0 Å². The highest BCUT2D eigenvalue weighted by Crippen LogP contribution is 2.35. The Balaban J connectivity index is 1.89. The van der Waals surface area contributed by atoms with Gasteiger partial charge in [-0.1, -0.05) is 36.4 Å². The molecular weight excluding hydrogens is 311 g/mol. The second-order valence-corrected chi connectivity index (χ2v) is 6.34. The van der Waals surface area contributed by atoms with Crippen molar-refractivity contribution in [1.29, 1.82) is 0 Å². The zero-order valence-corrected chi connectivity index (χ0v) is 14.0. The summed E-state index contributed by atoms with van der Waals surface area (Å²) in [6.07, 6.45) is 2.53. The Hall–Kier alpha value is -2.94. The van der Waals surface area contributed by atoms with Crippen LogP contribution in [0.4, 0.5) is 4.39 Å². The number of hydrogen-bond donors (Lipinski definition) is 1. The highest BCUT2D eigenvalue weighted by atomic mass is 19.1. The highest BCUT2D eigenvalue weighted by Gasteiger charge is 2.22. The third-order valence-corrected chi connectivity index (χ3v) is 4.68. The fourth-order valence-corrected chi connectivity index (χ4v) is 3.59. The van der Waals surface area contributed by atoms with Crippen LogP contribution in [-0.4, -0.2) is 9.97 Å². The van der Waals surface area contributed by atoms with Gasteiger partial charge in [-0.2, -0.15) is 0 Å². The molecule has 0 aliphatic heterocycles. The molecule has 0 fully saturated rings. The minimum Gasteiger partial charge on any atom is -0.358 e. The Kier molecular flexibility index (Phi) is 4.06. The Morgan fingerprint density at radius 3 is 2.64 bits per heavy atom. The highest BCUT2D eigenvalue weighted by molar-refractivity contribution is 5.85. The van der Waals surface area contributed by atoms with E-state index >= 15 is 0 Å². The van der Waals surface area contributed by atoms with Gasteiger partial charge in [0.15, 0.2) is 0 Å². The molecule has 0 amide bonds. The van der Waals surface area contributed by atoms with Crippen LogP contribution in [0.5, 0.6) is 0 Å². The number of pyridine rings is 1. The fourth-order valence-electron chi connectivity index (χ4n) is 3.59. The monoisotopic (exact) mass is 330 g/mol. The molecule has 1 N–H and O–H groups in total. The number of para-hydroxylation sites is 1. The smallest absolute Gasteiger partial charge is 0.123 e. The van der Waals surface area contributed by atoms with Crippen molar-refractivity contribution < 1.29 is 4.39 Å². The van der Waals surface area contributed by atoms with Gasteiger partial charge in [-0.3, -0.25) is 4.98 Å². The van der Waals surface area contributed by atoms with Crippen LogP contribution in [-0.2, 0) is 6.42 Å². The SMILES string of the molecule is Cc1[nH]c2ccccc2c1C(Cc1ccccn1)c1cccc(F)c1. The molecule has 1 atom stereocenters. The molecule has 4 aromatic rings. The summed E-state index contributed by atoms with van der Waals surface area (Å²) < 4.78 is 13.9. The number of fused-ring (bicyclic) bond motifs is 1. The van der Waals surface area contributed by atoms with E-state index < -0.39 is 0 Å². The first-order valence-electron chi connectivity index (χ1n) is 8.45. The lowest BCUT2D eigenvalue weighted by Gasteiger charge is -2.18. The molecule has 0 saturated carbocycles. The minimum absolute atomic E-state index is 0.0433. The van der Waals surface area contributed by atoms with E-state index in [1.54, 1.807) is 18.3 Å². The largest absolute Gasteiger partial charge is 0.358 e. The lowest BCUT2D eigenvalue weighted by atomic mass is 9.85. The minimum atomic E-state index is -0.207. The van der Waals surface area contributed by atoms with Gasteiger partial charge in [0.2, 0.25) is 0 Å². The van der Waals surface area contributed by atoms with E-state index in [9.17, 15) is 4.39 Å². The number of aromatic amines is 1. The quantitative estimate of drug-likeness (QED) is 0.534. The molecule has 4 rings (SSSR count). The zero-order valence-electron chi connectivity index (χ0n) is 14.0. The van der Waals surface area contributed by atoms with Crippen molar-refractivity contribution in [2.75, 3.05) is 0 Å². The number of rotatable bonds is 4. The maximum absolute atomic E-state index is 13.9. The summed E-state index contributed by atoms with van der Waals surface area (Å²) in [5.74, 6) is -0.164. The van der Waals surface area contributed by atoms with Crippen LogP contribution in [0.3, 0.4) is 0 Å². The summed E-state index contributed by atoms with van der Waals surface area (Å²) >= 11 is 0. The van der Waals surface area contributed by atoms with Gasteiger partial charge in [0.05, 0.1) is 0 Å². The molecule has 0 aliphatic carbocycles. The summed E-state index contributed by atoms with van der Waals surface area (Å²) in [5, 5.41) is 1.19. The first-order chi connectivity index (χ1) is 12.2. The topological polar surface area (TPSA) is 28.7 Å². The van der Waals surface area contributed by atoms with Gasteiger partial charge in [-0.15, -0.1) is 0 Å². The summed E-state index contributed by atoms with van der Waals surface area (Å²) in [5.41, 5.74) is 5.41. The van der Waals surface area contributed by atoms with E-state index in [0.717, 1.165) is 28.9 Å². The predicted octanol–water partition coefficient (Wildman–Crippen LogP) is 5.39. The molecule has 2 aromatic carbocycles. The third-order valence-electron chi connectivity index (χ3n) is 4.68.